The smallest absolute Gasteiger partial charge is 0.201 e. The number of benzene rings is 6. The lowest BCUT2D eigenvalue weighted by molar-refractivity contribution is -0.0828. The number of phenolic OH excluding ortho intramolecular Hbond substituents is 1. The molecule has 0 bridgehead atoms. The molecule has 6 rings (SSSR count). The minimum Gasteiger partial charge on any atom is -0.502 e. The molecular formula is C42H38O6. The zero-order valence-corrected chi connectivity index (χ0v) is 27.4. The van der Waals surface area contributed by atoms with Crippen LogP contribution in [0, 0.1) is 0 Å². The summed E-state index contributed by atoms with van der Waals surface area (Å²) in [6.07, 6.45) is 0. The average Bonchev–Trinajstić information content (AvgIpc) is 3.17. The highest BCUT2D eigenvalue weighted by Crippen LogP contribution is 2.56. The Kier molecular flexibility index (Phi) is 9.37. The number of aromatic hydroxyl groups is 1. The van der Waals surface area contributed by atoms with Crippen molar-refractivity contribution in [2.45, 2.75) is 11.2 Å². The van der Waals surface area contributed by atoms with E-state index in [4.69, 9.17) is 23.7 Å². The lowest BCUT2D eigenvalue weighted by atomic mass is 9.74. The Morgan fingerprint density at radius 3 is 1.23 bits per heavy atom. The van der Waals surface area contributed by atoms with Crippen LogP contribution in [0.5, 0.6) is 28.7 Å². The highest BCUT2D eigenvalue weighted by Gasteiger charge is 2.51. The van der Waals surface area contributed by atoms with E-state index in [0.717, 1.165) is 27.8 Å². The summed E-state index contributed by atoms with van der Waals surface area (Å²) in [5.41, 5.74) is 1.94. The van der Waals surface area contributed by atoms with E-state index in [2.05, 4.69) is 24.3 Å². The molecule has 0 saturated carbocycles. The second-order valence-corrected chi connectivity index (χ2v) is 11.2. The van der Waals surface area contributed by atoms with Gasteiger partial charge in [-0.25, -0.2) is 0 Å². The number of rotatable bonds is 12. The fourth-order valence-electron chi connectivity index (χ4n) is 6.51. The van der Waals surface area contributed by atoms with Gasteiger partial charge in [0.2, 0.25) is 5.75 Å². The average molecular weight is 639 g/mol. The molecule has 1 N–H and O–H groups in total. The minimum atomic E-state index is -1.39. The van der Waals surface area contributed by atoms with E-state index >= 15 is 0 Å². The molecule has 6 aromatic rings. The molecule has 6 aromatic carbocycles. The van der Waals surface area contributed by atoms with Crippen LogP contribution in [-0.4, -0.2) is 33.5 Å². The van der Waals surface area contributed by atoms with E-state index in [-0.39, 0.29) is 17.2 Å². The Morgan fingerprint density at radius 2 is 0.833 bits per heavy atom. The van der Waals surface area contributed by atoms with Gasteiger partial charge >= 0.3 is 0 Å². The molecule has 0 amide bonds. The summed E-state index contributed by atoms with van der Waals surface area (Å²) in [5.74, 6) is 1.58. The van der Waals surface area contributed by atoms with Crippen molar-refractivity contribution in [3.63, 3.8) is 0 Å². The van der Waals surface area contributed by atoms with E-state index in [9.17, 15) is 5.11 Å². The van der Waals surface area contributed by atoms with Gasteiger partial charge in [0.25, 0.3) is 0 Å². The summed E-state index contributed by atoms with van der Waals surface area (Å²) in [6, 6.07) is 49.5. The van der Waals surface area contributed by atoms with Crippen LogP contribution >= 0.6 is 0 Å². The zero-order valence-electron chi connectivity index (χ0n) is 27.4. The standard InChI is InChI=1S/C42H38O6/c1-44-34-25-26-35(38(29-34)46-3)41(30-17-9-5-10-18-30,31-19-11-6-12-20-31)48-42(32-21-13-7-14-22-32,33-23-15-8-16-24-33)36-27-28-37(45-2)39(43)40(36)47-4/h5-29,43H,1-4H3. The summed E-state index contributed by atoms with van der Waals surface area (Å²) >= 11 is 0. The lowest BCUT2D eigenvalue weighted by Gasteiger charge is -2.46. The Bertz CT molecular complexity index is 1860. The highest BCUT2D eigenvalue weighted by molar-refractivity contribution is 5.63. The quantitative estimate of drug-likeness (QED) is 0.135. The van der Waals surface area contributed by atoms with Gasteiger partial charge in [0.15, 0.2) is 11.5 Å². The molecule has 0 fully saturated rings. The molecule has 0 atom stereocenters. The van der Waals surface area contributed by atoms with Gasteiger partial charge in [-0.15, -0.1) is 0 Å². The predicted molar refractivity (Wildman–Crippen MR) is 187 cm³/mol. The van der Waals surface area contributed by atoms with Crippen molar-refractivity contribution < 1.29 is 28.8 Å². The van der Waals surface area contributed by atoms with E-state index in [0.29, 0.717) is 17.1 Å². The van der Waals surface area contributed by atoms with Crippen molar-refractivity contribution in [1.82, 2.24) is 0 Å². The van der Waals surface area contributed by atoms with Gasteiger partial charge in [0.1, 0.15) is 22.7 Å². The van der Waals surface area contributed by atoms with Crippen molar-refractivity contribution in [3.8, 4) is 28.7 Å². The molecule has 0 spiro atoms. The first-order valence-electron chi connectivity index (χ1n) is 15.6. The Hall–Kier alpha value is -5.72. The van der Waals surface area contributed by atoms with Gasteiger partial charge in [-0.05, 0) is 46.5 Å². The van der Waals surface area contributed by atoms with Crippen LogP contribution in [0.4, 0.5) is 0 Å². The van der Waals surface area contributed by atoms with E-state index in [1.165, 1.54) is 14.2 Å². The second-order valence-electron chi connectivity index (χ2n) is 11.2. The van der Waals surface area contributed by atoms with Crippen molar-refractivity contribution in [2.24, 2.45) is 0 Å². The Balaban J connectivity index is 1.84. The molecule has 0 aromatic heterocycles. The molecule has 0 unspecified atom stereocenters. The number of phenols is 1. The maximum Gasteiger partial charge on any atom is 0.201 e. The monoisotopic (exact) mass is 638 g/mol. The Morgan fingerprint density at radius 1 is 0.417 bits per heavy atom. The van der Waals surface area contributed by atoms with Gasteiger partial charge < -0.3 is 28.8 Å². The maximum atomic E-state index is 11.6. The third kappa shape index (κ3) is 5.50. The molecule has 0 aliphatic rings. The lowest BCUT2D eigenvalue weighted by Crippen LogP contribution is -2.45. The van der Waals surface area contributed by atoms with Gasteiger partial charge in [0.05, 0.1) is 28.4 Å². The van der Waals surface area contributed by atoms with Crippen molar-refractivity contribution >= 4 is 0 Å². The number of hydrogen-bond donors (Lipinski definition) is 1. The fourth-order valence-corrected chi connectivity index (χ4v) is 6.51. The number of ether oxygens (including phenoxy) is 5. The molecule has 6 nitrogen and oxygen atoms in total. The van der Waals surface area contributed by atoms with Gasteiger partial charge in [-0.2, -0.15) is 0 Å². The van der Waals surface area contributed by atoms with Gasteiger partial charge in [-0.1, -0.05) is 121 Å². The summed E-state index contributed by atoms with van der Waals surface area (Å²) in [5, 5.41) is 11.6. The molecule has 0 radical (unpaired) electrons. The first-order valence-corrected chi connectivity index (χ1v) is 15.6. The molecule has 48 heavy (non-hydrogen) atoms. The molecular weight excluding hydrogens is 600 g/mol. The summed E-state index contributed by atoms with van der Waals surface area (Å²) in [4.78, 5) is 0. The van der Waals surface area contributed by atoms with Crippen molar-refractivity contribution in [1.29, 1.82) is 0 Å². The van der Waals surface area contributed by atoms with Crippen LogP contribution < -0.4 is 18.9 Å². The van der Waals surface area contributed by atoms with Crippen LogP contribution in [0.3, 0.4) is 0 Å². The normalized spacial score (nSPS) is 11.5. The van der Waals surface area contributed by atoms with Crippen LogP contribution in [0.25, 0.3) is 0 Å². The predicted octanol–water partition coefficient (Wildman–Crippen LogP) is 8.73. The second kappa shape index (κ2) is 14.0. The van der Waals surface area contributed by atoms with E-state index in [1.54, 1.807) is 20.3 Å². The van der Waals surface area contributed by atoms with Crippen LogP contribution in [0.15, 0.2) is 152 Å². The largest absolute Gasteiger partial charge is 0.502 e. The fraction of sp³-hybridized carbons (Fsp3) is 0.143. The summed E-state index contributed by atoms with van der Waals surface area (Å²) < 4.78 is 31.4. The minimum absolute atomic E-state index is 0.135. The van der Waals surface area contributed by atoms with Crippen LogP contribution in [0.2, 0.25) is 0 Å². The third-order valence-electron chi connectivity index (χ3n) is 8.71. The van der Waals surface area contributed by atoms with Crippen molar-refractivity contribution in [3.05, 3.63) is 185 Å². The third-order valence-corrected chi connectivity index (χ3v) is 8.71. The first kappa shape index (κ1) is 32.2. The van der Waals surface area contributed by atoms with E-state index < -0.39 is 11.2 Å². The first-order chi connectivity index (χ1) is 23.5. The molecule has 0 aliphatic carbocycles. The van der Waals surface area contributed by atoms with Crippen LogP contribution in [0.1, 0.15) is 33.4 Å². The molecule has 6 heteroatoms. The van der Waals surface area contributed by atoms with Crippen molar-refractivity contribution in [2.75, 3.05) is 28.4 Å². The Labute approximate surface area is 281 Å². The van der Waals surface area contributed by atoms with Gasteiger partial charge in [0, 0.05) is 17.2 Å². The SMILES string of the molecule is COc1ccc(C(OC(c2ccccc2)(c2ccccc2)c2ccc(OC)c(O)c2OC)(c2ccccc2)c2ccccc2)c(OC)c1. The summed E-state index contributed by atoms with van der Waals surface area (Å²) in [6.45, 7) is 0. The summed E-state index contributed by atoms with van der Waals surface area (Å²) in [7, 11) is 6.32. The number of methoxy groups -OCH3 is 4. The zero-order chi connectivity index (χ0) is 33.6. The maximum absolute atomic E-state index is 11.6. The van der Waals surface area contributed by atoms with Gasteiger partial charge in [-0.3, -0.25) is 0 Å². The number of hydrogen-bond acceptors (Lipinski definition) is 6. The van der Waals surface area contributed by atoms with Crippen LogP contribution in [-0.2, 0) is 15.9 Å². The molecule has 0 aliphatic heterocycles. The molecule has 242 valence electrons. The topological polar surface area (TPSA) is 66.4 Å². The van der Waals surface area contributed by atoms with E-state index in [1.807, 2.05) is 121 Å². The highest BCUT2D eigenvalue weighted by atomic mass is 16.5. The molecule has 0 heterocycles. The molecule has 0 saturated heterocycles.